The van der Waals surface area contributed by atoms with Crippen LogP contribution in [0.5, 0.6) is 5.88 Å². The number of aromatic nitrogens is 2. The molecule has 2 heterocycles. The fraction of sp³-hybridized carbons (Fsp3) is 0.636. The molecule has 0 saturated heterocycles. The van der Waals surface area contributed by atoms with Crippen molar-refractivity contribution >= 4 is 16.8 Å². The molecule has 0 aliphatic carbocycles. The third-order valence-electron chi connectivity index (χ3n) is 2.51. The van der Waals surface area contributed by atoms with Gasteiger partial charge in [-0.3, -0.25) is 0 Å². The zero-order chi connectivity index (χ0) is 14.9. The average Bonchev–Trinajstić information content (AvgIpc) is 2.68. The highest BCUT2D eigenvalue weighted by molar-refractivity contribution is 7.72. The number of hydrogen-bond donors (Lipinski definition) is 2. The monoisotopic (exact) mass is 303 g/mol. The Morgan fingerprint density at radius 1 is 1.55 bits per heavy atom. The molecule has 1 atom stereocenters. The highest BCUT2D eigenvalue weighted by Crippen LogP contribution is 2.23. The van der Waals surface area contributed by atoms with Crippen molar-refractivity contribution in [2.75, 3.05) is 6.61 Å². The molecule has 2 rings (SSSR count). The Bertz CT molecular complexity index is 579. The van der Waals surface area contributed by atoms with Gasteiger partial charge in [0, 0.05) is 0 Å². The Morgan fingerprint density at radius 3 is 2.85 bits per heavy atom. The van der Waals surface area contributed by atoms with Crippen LogP contribution in [0.1, 0.15) is 20.8 Å². The van der Waals surface area contributed by atoms with E-state index in [4.69, 9.17) is 9.47 Å². The summed E-state index contributed by atoms with van der Waals surface area (Å²) < 4.78 is 33.8. The topological polar surface area (TPSA) is 99.5 Å². The van der Waals surface area contributed by atoms with Crippen LogP contribution in [0.15, 0.2) is 11.1 Å². The van der Waals surface area contributed by atoms with Gasteiger partial charge in [-0.05, 0) is 20.8 Å². The molecule has 0 fully saturated rings. The lowest BCUT2D eigenvalue weighted by molar-refractivity contribution is 0.0459. The normalized spacial score (nSPS) is 18.3. The summed E-state index contributed by atoms with van der Waals surface area (Å²) in [6, 6.07) is -0.324. The molecule has 0 radical (unpaired) electrons. The summed E-state index contributed by atoms with van der Waals surface area (Å²) in [4.78, 5) is 11.7. The van der Waals surface area contributed by atoms with E-state index in [2.05, 4.69) is 10.4 Å². The molecule has 0 saturated carbocycles. The van der Waals surface area contributed by atoms with E-state index in [9.17, 15) is 13.2 Å². The van der Waals surface area contributed by atoms with Crippen molar-refractivity contribution in [3.05, 3.63) is 6.20 Å². The molecule has 1 aliphatic heterocycles. The van der Waals surface area contributed by atoms with E-state index in [1.165, 1.54) is 10.9 Å². The van der Waals surface area contributed by atoms with Crippen LogP contribution in [-0.2, 0) is 22.0 Å². The van der Waals surface area contributed by atoms with E-state index in [1.54, 1.807) is 20.8 Å². The van der Waals surface area contributed by atoms with Crippen molar-refractivity contribution in [1.82, 2.24) is 15.1 Å². The summed E-state index contributed by atoms with van der Waals surface area (Å²) in [6.07, 6.45) is 0.688. The van der Waals surface area contributed by atoms with Gasteiger partial charge < -0.3 is 14.8 Å². The van der Waals surface area contributed by atoms with Crippen molar-refractivity contribution in [2.45, 2.75) is 43.9 Å². The van der Waals surface area contributed by atoms with Gasteiger partial charge in [-0.2, -0.15) is 5.10 Å². The van der Waals surface area contributed by atoms with E-state index in [-0.39, 0.29) is 23.4 Å². The summed E-state index contributed by atoms with van der Waals surface area (Å²) in [7, 11) is -2.74. The van der Waals surface area contributed by atoms with E-state index in [0.29, 0.717) is 6.54 Å². The third-order valence-corrected chi connectivity index (χ3v) is 3.21. The van der Waals surface area contributed by atoms with Crippen LogP contribution in [0.3, 0.4) is 0 Å². The number of carbonyl (C=O) groups is 1. The minimum absolute atomic E-state index is 0.0516. The fourth-order valence-electron chi connectivity index (χ4n) is 1.77. The van der Waals surface area contributed by atoms with Crippen LogP contribution in [0.25, 0.3) is 0 Å². The van der Waals surface area contributed by atoms with Crippen LogP contribution in [0, 0.1) is 0 Å². The maximum Gasteiger partial charge on any atom is 0.408 e. The molecule has 8 nitrogen and oxygen atoms in total. The first-order valence-electron chi connectivity index (χ1n) is 6.09. The second-order valence-electron chi connectivity index (χ2n) is 5.43. The molecule has 0 aromatic carbocycles. The van der Waals surface area contributed by atoms with Crippen LogP contribution >= 0.6 is 0 Å². The predicted molar refractivity (Wildman–Crippen MR) is 69.5 cm³/mol. The Labute approximate surface area is 118 Å². The van der Waals surface area contributed by atoms with Gasteiger partial charge in [0.25, 0.3) is 0 Å². The van der Waals surface area contributed by atoms with Crippen molar-refractivity contribution < 1.29 is 22.7 Å². The number of carbonyl (C=O) groups excluding carboxylic acids is 1. The first kappa shape index (κ1) is 14.6. The van der Waals surface area contributed by atoms with E-state index >= 15 is 0 Å². The summed E-state index contributed by atoms with van der Waals surface area (Å²) in [6.45, 7) is 5.81. The molecular formula is C11H17N3O5S. The number of amides is 1. The number of fused-ring (bicyclic) bond motifs is 1. The van der Waals surface area contributed by atoms with Gasteiger partial charge in [0.15, 0.2) is 10.7 Å². The zero-order valence-corrected chi connectivity index (χ0v) is 12.3. The number of hydrogen-bond acceptors (Lipinski definition) is 6. The van der Waals surface area contributed by atoms with Crippen LogP contribution in [0.2, 0.25) is 0 Å². The summed E-state index contributed by atoms with van der Waals surface area (Å²) in [5, 5.41) is 6.58. The summed E-state index contributed by atoms with van der Waals surface area (Å²) in [5.74, 6) is 0.211. The van der Waals surface area contributed by atoms with Crippen molar-refractivity contribution in [3.8, 4) is 5.88 Å². The molecule has 1 aromatic rings. The highest BCUT2D eigenvalue weighted by atomic mass is 32.2. The first-order valence-corrected chi connectivity index (χ1v) is 7.26. The number of alkyl carbamates (subject to hydrolysis) is 1. The second-order valence-corrected chi connectivity index (χ2v) is 6.42. The van der Waals surface area contributed by atoms with Crippen LogP contribution in [-0.4, -0.2) is 42.5 Å². The van der Waals surface area contributed by atoms with Gasteiger partial charge in [0.2, 0.25) is 5.88 Å². The minimum Gasteiger partial charge on any atom is -0.475 e. The SMILES string of the molecule is CC(C)(C)OC(=O)N[C@@H]1COc2c([SH](=O)=O)cnn2C1. The maximum absolute atomic E-state index is 11.6. The quantitative estimate of drug-likeness (QED) is 0.754. The number of nitrogens with zero attached hydrogens (tertiary/aromatic N) is 2. The standard InChI is InChI=1S/C11H17N3O5S/c1-11(2,3)19-10(15)13-7-5-14-9(18-6-7)8(4-12-14)20(16)17/h4,7,20H,5-6H2,1-3H3,(H,13,15)/t7-/m0/s1. The Balaban J connectivity index is 2.00. The highest BCUT2D eigenvalue weighted by Gasteiger charge is 2.27. The van der Waals surface area contributed by atoms with Gasteiger partial charge in [0.1, 0.15) is 17.1 Å². The number of nitrogens with one attached hydrogen (secondary N) is 1. The Hall–Kier alpha value is -1.77. The molecule has 20 heavy (non-hydrogen) atoms. The molecule has 0 unspecified atom stereocenters. The molecule has 0 spiro atoms. The van der Waals surface area contributed by atoms with E-state index in [0.717, 1.165) is 0 Å². The average molecular weight is 303 g/mol. The van der Waals surface area contributed by atoms with Crippen LogP contribution < -0.4 is 10.1 Å². The van der Waals surface area contributed by atoms with E-state index in [1.807, 2.05) is 0 Å². The molecule has 1 aliphatic rings. The van der Waals surface area contributed by atoms with Crippen LogP contribution in [0.4, 0.5) is 4.79 Å². The van der Waals surface area contributed by atoms with Gasteiger partial charge in [0.05, 0.1) is 18.8 Å². The molecule has 0 bridgehead atoms. The molecule has 112 valence electrons. The first-order chi connectivity index (χ1) is 9.26. The maximum atomic E-state index is 11.6. The van der Waals surface area contributed by atoms with Gasteiger partial charge >= 0.3 is 6.09 Å². The van der Waals surface area contributed by atoms with E-state index < -0.39 is 22.4 Å². The van der Waals surface area contributed by atoms with Gasteiger partial charge in [-0.15, -0.1) is 0 Å². The smallest absolute Gasteiger partial charge is 0.408 e. The molecular weight excluding hydrogens is 286 g/mol. The second kappa shape index (κ2) is 5.31. The summed E-state index contributed by atoms with van der Waals surface area (Å²) >= 11 is 0. The zero-order valence-electron chi connectivity index (χ0n) is 11.5. The lowest BCUT2D eigenvalue weighted by atomic mass is 10.2. The van der Waals surface area contributed by atoms with Crippen molar-refractivity contribution in [3.63, 3.8) is 0 Å². The molecule has 1 amide bonds. The number of thiol groups is 1. The summed E-state index contributed by atoms with van der Waals surface area (Å²) in [5.41, 5.74) is -0.579. The lowest BCUT2D eigenvalue weighted by Crippen LogP contribution is -2.46. The largest absolute Gasteiger partial charge is 0.475 e. The van der Waals surface area contributed by atoms with Crippen molar-refractivity contribution in [1.29, 1.82) is 0 Å². The van der Waals surface area contributed by atoms with Crippen molar-refractivity contribution in [2.24, 2.45) is 0 Å². The Kier molecular flexibility index (Phi) is 3.89. The number of ether oxygens (including phenoxy) is 2. The minimum atomic E-state index is -2.74. The molecule has 1 N–H and O–H groups in total. The number of rotatable bonds is 2. The molecule has 9 heteroatoms. The Morgan fingerprint density at radius 2 is 2.25 bits per heavy atom. The predicted octanol–water partition coefficient (Wildman–Crippen LogP) is 0.139. The van der Waals surface area contributed by atoms with Gasteiger partial charge in [-0.25, -0.2) is 17.9 Å². The third kappa shape index (κ3) is 3.41. The van der Waals surface area contributed by atoms with Gasteiger partial charge in [-0.1, -0.05) is 0 Å². The fourth-order valence-corrected chi connectivity index (χ4v) is 2.25. The molecule has 1 aromatic heterocycles. The lowest BCUT2D eigenvalue weighted by Gasteiger charge is -2.27.